The van der Waals surface area contributed by atoms with Crippen molar-refractivity contribution in [1.82, 2.24) is 9.97 Å². The third-order valence-corrected chi connectivity index (χ3v) is 3.11. The molecule has 0 aliphatic heterocycles. The van der Waals surface area contributed by atoms with Crippen LogP contribution in [-0.4, -0.2) is 9.97 Å². The molecule has 0 fully saturated rings. The van der Waals surface area contributed by atoms with Crippen molar-refractivity contribution in [2.75, 3.05) is 10.7 Å². The molecule has 100 valence electrons. The minimum absolute atomic E-state index is 0.631. The number of fused-ring (bicyclic) bond motifs is 1. The molecule has 0 aliphatic carbocycles. The number of hydrogen-bond acceptors (Lipinski definition) is 5. The first-order valence-corrected chi connectivity index (χ1v) is 6.36. The maximum Gasteiger partial charge on any atom is 0.141 e. The normalized spacial score (nSPS) is 10.4. The van der Waals surface area contributed by atoms with Gasteiger partial charge < -0.3 is 10.7 Å². The molecule has 0 amide bonds. The zero-order valence-corrected chi connectivity index (χ0v) is 10.9. The van der Waals surface area contributed by atoms with Crippen LogP contribution in [-0.2, 0) is 6.54 Å². The molecule has 20 heavy (non-hydrogen) atoms. The molecule has 0 spiro atoms. The lowest BCUT2D eigenvalue weighted by molar-refractivity contribution is 1.14. The van der Waals surface area contributed by atoms with Gasteiger partial charge in [0, 0.05) is 36.1 Å². The van der Waals surface area contributed by atoms with Gasteiger partial charge in [0.15, 0.2) is 0 Å². The highest BCUT2D eigenvalue weighted by Crippen LogP contribution is 2.18. The molecule has 0 saturated heterocycles. The van der Waals surface area contributed by atoms with E-state index >= 15 is 0 Å². The van der Waals surface area contributed by atoms with Crippen LogP contribution in [0.5, 0.6) is 0 Å². The smallest absolute Gasteiger partial charge is 0.141 e. The molecule has 0 atom stereocenters. The first-order valence-electron chi connectivity index (χ1n) is 6.36. The van der Waals surface area contributed by atoms with E-state index in [0.717, 1.165) is 22.2 Å². The molecule has 0 bridgehead atoms. The fourth-order valence-corrected chi connectivity index (χ4v) is 2.13. The predicted molar refractivity (Wildman–Crippen MR) is 81.1 cm³/mol. The molecule has 5 nitrogen and oxygen atoms in total. The van der Waals surface area contributed by atoms with Crippen molar-refractivity contribution in [3.63, 3.8) is 0 Å². The highest BCUT2D eigenvalue weighted by Gasteiger charge is 2.02. The van der Waals surface area contributed by atoms with Crippen molar-refractivity contribution in [2.45, 2.75) is 6.54 Å². The molecular weight excluding hydrogens is 250 g/mol. The van der Waals surface area contributed by atoms with Crippen molar-refractivity contribution in [3.05, 3.63) is 60.4 Å². The van der Waals surface area contributed by atoms with Crippen molar-refractivity contribution in [1.29, 1.82) is 0 Å². The summed E-state index contributed by atoms with van der Waals surface area (Å²) in [4.78, 5) is 8.52. The highest BCUT2D eigenvalue weighted by molar-refractivity contribution is 5.81. The zero-order valence-electron chi connectivity index (χ0n) is 10.9. The molecule has 1 aromatic carbocycles. The summed E-state index contributed by atoms with van der Waals surface area (Å²) in [5, 5.41) is 4.50. The van der Waals surface area contributed by atoms with Gasteiger partial charge in [0.2, 0.25) is 0 Å². The molecule has 4 N–H and O–H groups in total. The van der Waals surface area contributed by atoms with E-state index < -0.39 is 0 Å². The average molecular weight is 265 g/mol. The largest absolute Gasteiger partial charge is 0.381 e. The fourth-order valence-electron chi connectivity index (χ4n) is 2.13. The Labute approximate surface area is 116 Å². The number of hydrazine groups is 1. The summed E-state index contributed by atoms with van der Waals surface area (Å²) in [6, 6.07) is 14.0. The molecule has 3 rings (SSSR count). The van der Waals surface area contributed by atoms with Gasteiger partial charge in [-0.3, -0.25) is 4.98 Å². The number of para-hydroxylation sites is 1. The average Bonchev–Trinajstić information content (AvgIpc) is 2.53. The fraction of sp³-hybridized carbons (Fsp3) is 0.0667. The number of nitrogen functional groups attached to an aromatic ring is 1. The van der Waals surface area contributed by atoms with Crippen LogP contribution in [0.1, 0.15) is 5.56 Å². The van der Waals surface area contributed by atoms with E-state index in [1.165, 1.54) is 0 Å². The van der Waals surface area contributed by atoms with Crippen molar-refractivity contribution < 1.29 is 0 Å². The summed E-state index contributed by atoms with van der Waals surface area (Å²) >= 11 is 0. The number of nitrogens with zero attached hydrogens (tertiary/aromatic N) is 2. The Balaban J connectivity index is 1.83. The Morgan fingerprint density at radius 2 is 1.90 bits per heavy atom. The first-order chi connectivity index (χ1) is 9.86. The zero-order chi connectivity index (χ0) is 13.8. The molecule has 2 heterocycles. The number of nitrogens with two attached hydrogens (primary N) is 1. The standard InChI is InChI=1S/C15H15N5/c16-20-14-9-13(6-8-17-14)19-10-12-4-1-3-11-5-2-7-18-15(11)12/h1-9H,10,16H2,(H2,17,19,20). The van der Waals surface area contributed by atoms with E-state index in [-0.39, 0.29) is 0 Å². The Kier molecular flexibility index (Phi) is 3.43. The van der Waals surface area contributed by atoms with Crippen LogP contribution in [0, 0.1) is 0 Å². The third kappa shape index (κ3) is 2.53. The number of anilines is 2. The number of rotatable bonds is 4. The maximum atomic E-state index is 5.35. The SMILES string of the molecule is NNc1cc(NCc2cccc3cccnc23)ccn1. The van der Waals surface area contributed by atoms with Crippen LogP contribution in [0.15, 0.2) is 54.9 Å². The second-order valence-electron chi connectivity index (χ2n) is 4.42. The maximum absolute atomic E-state index is 5.35. The van der Waals surface area contributed by atoms with Crippen LogP contribution in [0.25, 0.3) is 10.9 Å². The minimum Gasteiger partial charge on any atom is -0.381 e. The summed E-state index contributed by atoms with van der Waals surface area (Å²) in [7, 11) is 0. The molecule has 2 aromatic heterocycles. The number of benzene rings is 1. The van der Waals surface area contributed by atoms with Gasteiger partial charge in [-0.2, -0.15) is 0 Å². The molecule has 0 unspecified atom stereocenters. The Bertz CT molecular complexity index is 721. The summed E-state index contributed by atoms with van der Waals surface area (Å²) in [5.74, 6) is 5.98. The summed E-state index contributed by atoms with van der Waals surface area (Å²) in [5.41, 5.74) is 5.67. The van der Waals surface area contributed by atoms with Crippen LogP contribution >= 0.6 is 0 Å². The van der Waals surface area contributed by atoms with Gasteiger partial charge in [-0.1, -0.05) is 24.3 Å². The van der Waals surface area contributed by atoms with E-state index in [1.807, 2.05) is 30.5 Å². The Morgan fingerprint density at radius 1 is 1.00 bits per heavy atom. The number of hydrogen-bond donors (Lipinski definition) is 3. The molecule has 0 saturated carbocycles. The van der Waals surface area contributed by atoms with Crippen molar-refractivity contribution >= 4 is 22.4 Å². The number of aromatic nitrogens is 2. The topological polar surface area (TPSA) is 75.9 Å². The van der Waals surface area contributed by atoms with Crippen LogP contribution in [0.4, 0.5) is 11.5 Å². The van der Waals surface area contributed by atoms with Gasteiger partial charge in [0.25, 0.3) is 0 Å². The van der Waals surface area contributed by atoms with Gasteiger partial charge in [0.05, 0.1) is 5.52 Å². The van der Waals surface area contributed by atoms with Crippen LogP contribution in [0.2, 0.25) is 0 Å². The molecule has 5 heteroatoms. The summed E-state index contributed by atoms with van der Waals surface area (Å²) in [6.45, 7) is 0.697. The Hall–Kier alpha value is -2.66. The second-order valence-corrected chi connectivity index (χ2v) is 4.42. The quantitative estimate of drug-likeness (QED) is 0.499. The van der Waals surface area contributed by atoms with Crippen molar-refractivity contribution in [3.8, 4) is 0 Å². The van der Waals surface area contributed by atoms with E-state index in [0.29, 0.717) is 12.4 Å². The molecule has 3 aromatic rings. The monoisotopic (exact) mass is 265 g/mol. The minimum atomic E-state index is 0.631. The number of pyridine rings is 2. The third-order valence-electron chi connectivity index (χ3n) is 3.11. The summed E-state index contributed by atoms with van der Waals surface area (Å²) < 4.78 is 0. The lowest BCUT2D eigenvalue weighted by Crippen LogP contribution is -2.09. The van der Waals surface area contributed by atoms with Gasteiger partial charge in [-0.05, 0) is 17.7 Å². The van der Waals surface area contributed by atoms with E-state index in [9.17, 15) is 0 Å². The van der Waals surface area contributed by atoms with Crippen LogP contribution in [0.3, 0.4) is 0 Å². The summed E-state index contributed by atoms with van der Waals surface area (Å²) in [6.07, 6.45) is 3.52. The van der Waals surface area contributed by atoms with Gasteiger partial charge in [0.1, 0.15) is 5.82 Å². The number of nitrogens with one attached hydrogen (secondary N) is 2. The van der Waals surface area contributed by atoms with Gasteiger partial charge in [-0.15, -0.1) is 0 Å². The predicted octanol–water partition coefficient (Wildman–Crippen LogP) is 2.53. The van der Waals surface area contributed by atoms with Gasteiger partial charge in [-0.25, -0.2) is 10.8 Å². The lowest BCUT2D eigenvalue weighted by Gasteiger charge is -2.09. The first kappa shape index (κ1) is 12.4. The van der Waals surface area contributed by atoms with E-state index in [2.05, 4.69) is 38.9 Å². The lowest BCUT2D eigenvalue weighted by atomic mass is 10.1. The second kappa shape index (κ2) is 5.54. The molecular formula is C15H15N5. The van der Waals surface area contributed by atoms with E-state index in [4.69, 9.17) is 5.84 Å². The Morgan fingerprint density at radius 3 is 2.80 bits per heavy atom. The molecule has 0 radical (unpaired) electrons. The van der Waals surface area contributed by atoms with Crippen molar-refractivity contribution in [2.24, 2.45) is 5.84 Å². The highest BCUT2D eigenvalue weighted by atomic mass is 15.2. The van der Waals surface area contributed by atoms with Gasteiger partial charge >= 0.3 is 0 Å². The van der Waals surface area contributed by atoms with Crippen LogP contribution < -0.4 is 16.6 Å². The van der Waals surface area contributed by atoms with E-state index in [1.54, 1.807) is 6.20 Å². The molecule has 0 aliphatic rings.